The molecule has 108 valence electrons. The maximum Gasteiger partial charge on any atom is 0.220 e. The number of hydrogen-bond donors (Lipinski definition) is 2. The largest absolute Gasteiger partial charge is 0.354 e. The molecule has 0 aliphatic carbocycles. The van der Waals surface area contributed by atoms with Crippen LogP contribution in [0.2, 0.25) is 0 Å². The number of halogens is 1. The Kier molecular flexibility index (Phi) is 7.09. The van der Waals surface area contributed by atoms with Gasteiger partial charge in [-0.3, -0.25) is 4.79 Å². The van der Waals surface area contributed by atoms with E-state index in [4.69, 9.17) is 5.73 Å². The summed E-state index contributed by atoms with van der Waals surface area (Å²) in [5.74, 6) is 0.288. The molecule has 4 heteroatoms. The first-order valence-corrected chi connectivity index (χ1v) is 6.41. The summed E-state index contributed by atoms with van der Waals surface area (Å²) in [7, 11) is 0. The van der Waals surface area contributed by atoms with Crippen LogP contribution in [0.15, 0.2) is 24.3 Å². The van der Waals surface area contributed by atoms with E-state index in [1.54, 1.807) is 0 Å². The quantitative estimate of drug-likeness (QED) is 0.873. The Labute approximate surface area is 122 Å². The van der Waals surface area contributed by atoms with Gasteiger partial charge >= 0.3 is 0 Å². The van der Waals surface area contributed by atoms with Crippen molar-refractivity contribution >= 4 is 18.3 Å². The van der Waals surface area contributed by atoms with Crippen LogP contribution < -0.4 is 11.1 Å². The van der Waals surface area contributed by atoms with Crippen molar-refractivity contribution in [3.63, 3.8) is 0 Å². The van der Waals surface area contributed by atoms with Gasteiger partial charge in [0.25, 0.3) is 0 Å². The minimum Gasteiger partial charge on any atom is -0.354 e. The maximum absolute atomic E-state index is 11.8. The number of nitrogens with one attached hydrogen (secondary N) is 1. The van der Waals surface area contributed by atoms with Gasteiger partial charge in [-0.05, 0) is 37.8 Å². The summed E-state index contributed by atoms with van der Waals surface area (Å²) in [6.45, 7) is 8.46. The third-order valence-electron chi connectivity index (χ3n) is 2.95. The SMILES string of the molecule is Cc1ccccc1C(C)CC(=O)NCC(C)(C)N.Cl. The van der Waals surface area contributed by atoms with E-state index in [2.05, 4.69) is 31.3 Å². The van der Waals surface area contributed by atoms with Gasteiger partial charge in [-0.2, -0.15) is 0 Å². The van der Waals surface area contributed by atoms with Crippen LogP contribution in [-0.2, 0) is 4.79 Å². The first-order valence-electron chi connectivity index (χ1n) is 6.41. The van der Waals surface area contributed by atoms with Gasteiger partial charge in [0, 0.05) is 18.5 Å². The minimum atomic E-state index is -0.360. The average Bonchev–Trinajstić information content (AvgIpc) is 2.26. The molecule has 1 amide bonds. The normalized spacial score (nSPS) is 12.5. The molecule has 0 spiro atoms. The fourth-order valence-corrected chi connectivity index (χ4v) is 1.93. The smallest absolute Gasteiger partial charge is 0.220 e. The van der Waals surface area contributed by atoms with Gasteiger partial charge in [0.2, 0.25) is 5.91 Å². The molecule has 1 aromatic rings. The molecule has 0 saturated carbocycles. The summed E-state index contributed by atoms with van der Waals surface area (Å²) in [5.41, 5.74) is 7.94. The maximum atomic E-state index is 11.8. The number of amides is 1. The molecule has 1 atom stereocenters. The zero-order valence-corrected chi connectivity index (χ0v) is 13.0. The molecule has 1 unspecified atom stereocenters. The number of aryl methyl sites for hydroxylation is 1. The van der Waals surface area contributed by atoms with Crippen molar-refractivity contribution in [2.45, 2.75) is 45.6 Å². The van der Waals surface area contributed by atoms with Crippen LogP contribution in [0.3, 0.4) is 0 Å². The van der Waals surface area contributed by atoms with Crippen molar-refractivity contribution in [1.29, 1.82) is 0 Å². The highest BCUT2D eigenvalue weighted by Crippen LogP contribution is 2.22. The first kappa shape index (κ1) is 17.9. The van der Waals surface area contributed by atoms with Crippen molar-refractivity contribution in [3.05, 3.63) is 35.4 Å². The summed E-state index contributed by atoms with van der Waals surface area (Å²) >= 11 is 0. The van der Waals surface area contributed by atoms with E-state index < -0.39 is 0 Å². The van der Waals surface area contributed by atoms with Crippen LogP contribution in [0.5, 0.6) is 0 Å². The predicted octanol–water partition coefficient (Wildman–Crippen LogP) is 2.76. The Morgan fingerprint density at radius 2 is 1.95 bits per heavy atom. The summed E-state index contributed by atoms with van der Waals surface area (Å²) in [6.07, 6.45) is 0.501. The van der Waals surface area contributed by atoms with Gasteiger partial charge in [0.1, 0.15) is 0 Å². The first-order chi connectivity index (χ1) is 8.29. The zero-order valence-electron chi connectivity index (χ0n) is 12.2. The van der Waals surface area contributed by atoms with Crippen molar-refractivity contribution in [2.75, 3.05) is 6.54 Å². The van der Waals surface area contributed by atoms with Crippen LogP contribution >= 0.6 is 12.4 Å². The second-order valence-electron chi connectivity index (χ2n) is 5.73. The van der Waals surface area contributed by atoms with Gasteiger partial charge in [0.15, 0.2) is 0 Å². The zero-order chi connectivity index (χ0) is 13.8. The molecule has 1 rings (SSSR count). The predicted molar refractivity (Wildman–Crippen MR) is 82.7 cm³/mol. The van der Waals surface area contributed by atoms with Gasteiger partial charge < -0.3 is 11.1 Å². The summed E-state index contributed by atoms with van der Waals surface area (Å²) in [4.78, 5) is 11.8. The van der Waals surface area contributed by atoms with Crippen molar-refractivity contribution in [1.82, 2.24) is 5.32 Å². The Morgan fingerprint density at radius 3 is 2.47 bits per heavy atom. The highest BCUT2D eigenvalue weighted by Gasteiger charge is 2.15. The molecule has 0 aliphatic heterocycles. The summed E-state index contributed by atoms with van der Waals surface area (Å²) in [6, 6.07) is 8.19. The van der Waals surface area contributed by atoms with E-state index in [1.807, 2.05) is 26.0 Å². The molecule has 0 aliphatic rings. The number of carbonyl (C=O) groups is 1. The second kappa shape index (κ2) is 7.51. The molecule has 0 fully saturated rings. The molecule has 0 bridgehead atoms. The third-order valence-corrected chi connectivity index (χ3v) is 2.95. The summed E-state index contributed by atoms with van der Waals surface area (Å²) < 4.78 is 0. The molecule has 0 saturated heterocycles. The molecule has 0 radical (unpaired) electrons. The van der Waals surface area contributed by atoms with Gasteiger partial charge in [-0.25, -0.2) is 0 Å². The Morgan fingerprint density at radius 1 is 1.37 bits per heavy atom. The van der Waals surface area contributed by atoms with Crippen molar-refractivity contribution in [3.8, 4) is 0 Å². The van der Waals surface area contributed by atoms with E-state index in [-0.39, 0.29) is 29.8 Å². The molecule has 3 nitrogen and oxygen atoms in total. The molecule has 1 aromatic carbocycles. The molecule has 3 N–H and O–H groups in total. The molecular formula is C15H25ClN2O. The number of rotatable bonds is 5. The number of carbonyl (C=O) groups excluding carboxylic acids is 1. The monoisotopic (exact) mass is 284 g/mol. The number of benzene rings is 1. The van der Waals surface area contributed by atoms with Crippen LogP contribution in [0.4, 0.5) is 0 Å². The standard InChI is InChI=1S/C15H24N2O.ClH/c1-11-7-5-6-8-13(11)12(2)9-14(18)17-10-15(3,4)16;/h5-8,12H,9-10,16H2,1-4H3,(H,17,18);1H. The van der Waals surface area contributed by atoms with Crippen LogP contribution in [0.1, 0.15) is 44.2 Å². The average molecular weight is 285 g/mol. The second-order valence-corrected chi connectivity index (χ2v) is 5.73. The van der Waals surface area contributed by atoms with Crippen molar-refractivity contribution < 1.29 is 4.79 Å². The van der Waals surface area contributed by atoms with E-state index in [9.17, 15) is 4.79 Å². The molecule has 0 heterocycles. The lowest BCUT2D eigenvalue weighted by molar-refractivity contribution is -0.121. The lowest BCUT2D eigenvalue weighted by Crippen LogP contribution is -2.45. The van der Waals surface area contributed by atoms with Crippen LogP contribution in [0.25, 0.3) is 0 Å². The van der Waals surface area contributed by atoms with E-state index >= 15 is 0 Å². The fourth-order valence-electron chi connectivity index (χ4n) is 1.93. The minimum absolute atomic E-state index is 0. The Hall–Kier alpha value is -1.06. The lowest BCUT2D eigenvalue weighted by atomic mass is 9.93. The molecule has 0 aromatic heterocycles. The van der Waals surface area contributed by atoms with E-state index in [1.165, 1.54) is 11.1 Å². The molecular weight excluding hydrogens is 260 g/mol. The van der Waals surface area contributed by atoms with Crippen LogP contribution in [-0.4, -0.2) is 18.0 Å². The number of hydrogen-bond acceptors (Lipinski definition) is 2. The molecule has 19 heavy (non-hydrogen) atoms. The van der Waals surface area contributed by atoms with Gasteiger partial charge in [0.05, 0.1) is 0 Å². The van der Waals surface area contributed by atoms with E-state index in [0.29, 0.717) is 13.0 Å². The van der Waals surface area contributed by atoms with Gasteiger partial charge in [-0.15, -0.1) is 12.4 Å². The highest BCUT2D eigenvalue weighted by molar-refractivity contribution is 5.85. The topological polar surface area (TPSA) is 55.1 Å². The summed E-state index contributed by atoms with van der Waals surface area (Å²) in [5, 5.41) is 2.88. The third kappa shape index (κ3) is 6.60. The van der Waals surface area contributed by atoms with Gasteiger partial charge in [-0.1, -0.05) is 31.2 Å². The van der Waals surface area contributed by atoms with Crippen molar-refractivity contribution in [2.24, 2.45) is 5.73 Å². The highest BCUT2D eigenvalue weighted by atomic mass is 35.5. The Balaban J connectivity index is 0.00000324. The number of nitrogens with two attached hydrogens (primary N) is 1. The van der Waals surface area contributed by atoms with Crippen LogP contribution in [0, 0.1) is 6.92 Å². The fraction of sp³-hybridized carbons (Fsp3) is 0.533. The Bertz CT molecular complexity index is 413. The van der Waals surface area contributed by atoms with E-state index in [0.717, 1.165) is 0 Å². The lowest BCUT2D eigenvalue weighted by Gasteiger charge is -2.20.